The van der Waals surface area contributed by atoms with Crippen LogP contribution < -0.4 is 15.6 Å². The van der Waals surface area contributed by atoms with Crippen LogP contribution in [0.2, 0.25) is 0 Å². The number of nitriles is 1. The first kappa shape index (κ1) is 46.2. The fraction of sp³-hybridized carbons (Fsp3) is 0.564. The molecule has 2 heterocycles. The molecule has 0 saturated carbocycles. The van der Waals surface area contributed by atoms with Crippen molar-refractivity contribution in [2.24, 2.45) is 0 Å². The van der Waals surface area contributed by atoms with Gasteiger partial charge < -0.3 is 48.6 Å². The molecule has 0 saturated heterocycles. The Kier molecular flexibility index (Phi) is 26.0. The summed E-state index contributed by atoms with van der Waals surface area (Å²) in [7, 11) is 0. The zero-order valence-electron chi connectivity index (χ0n) is 31.6. The van der Waals surface area contributed by atoms with Crippen LogP contribution in [0.3, 0.4) is 0 Å². The highest BCUT2D eigenvalue weighted by Gasteiger charge is 2.13. The Morgan fingerprint density at radius 1 is 0.782 bits per heavy atom. The average Bonchev–Trinajstić information content (AvgIpc) is 3.19. The number of H-pyrrole nitrogens is 1. The minimum absolute atomic E-state index is 0.0237. The molecule has 0 fully saturated rings. The summed E-state index contributed by atoms with van der Waals surface area (Å²) in [4.78, 5) is 30.9. The summed E-state index contributed by atoms with van der Waals surface area (Å²) in [6, 6.07) is 12.1. The van der Waals surface area contributed by atoms with Crippen molar-refractivity contribution in [1.29, 1.82) is 5.26 Å². The summed E-state index contributed by atoms with van der Waals surface area (Å²) in [5, 5.41) is 23.4. The number of allylic oxidation sites excluding steroid dienone is 2. The van der Waals surface area contributed by atoms with E-state index in [1.165, 1.54) is 6.07 Å². The zero-order valence-corrected chi connectivity index (χ0v) is 33.3. The summed E-state index contributed by atoms with van der Waals surface area (Å²) in [6.45, 7) is 9.62. The number of pyridine rings is 1. The maximum Gasteiger partial charge on any atom is 0.248 e. The van der Waals surface area contributed by atoms with Crippen molar-refractivity contribution in [3.63, 3.8) is 0 Å². The standard InChI is InChI=1S/C39H57N5O9S2/c40-33-55-38-10-8-37(9-11-38)53-26-25-51-23-24-52-27-29-54-28-3-17-48-18-14-44(30-34-4-1-6-36(32-46)41-34)15-20-50-22-21-49-19-13-43(12-16-45)31-35-5-2-7-39(47)42-35/h1-2,4-11,32,36,41,45H,3,12-31H2,(H,42,47). The van der Waals surface area contributed by atoms with Crippen molar-refractivity contribution in [2.45, 2.75) is 23.9 Å². The predicted octanol–water partition coefficient (Wildman–Crippen LogP) is 2.94. The summed E-state index contributed by atoms with van der Waals surface area (Å²) < 4.78 is 34.5. The number of aromatic amines is 1. The normalized spacial score (nSPS) is 13.9. The molecular weight excluding hydrogens is 747 g/mol. The van der Waals surface area contributed by atoms with Crippen molar-refractivity contribution < 1.29 is 38.3 Å². The number of carbonyl (C=O) groups is 1. The molecule has 3 rings (SSSR count). The van der Waals surface area contributed by atoms with Gasteiger partial charge in [0.2, 0.25) is 5.56 Å². The summed E-state index contributed by atoms with van der Waals surface area (Å²) in [5.74, 6) is 2.67. The number of ether oxygens (including phenoxy) is 6. The molecule has 304 valence electrons. The first-order chi connectivity index (χ1) is 27.1. The number of dihydropyridines is 1. The number of aldehydes is 1. The number of thioether (sulfide) groups is 2. The topological polar surface area (TPSA) is 168 Å². The van der Waals surface area contributed by atoms with E-state index in [2.05, 4.69) is 15.2 Å². The van der Waals surface area contributed by atoms with E-state index in [1.807, 2.05) is 70.6 Å². The van der Waals surface area contributed by atoms with Crippen molar-refractivity contribution in [1.82, 2.24) is 20.1 Å². The lowest BCUT2D eigenvalue weighted by Gasteiger charge is -2.26. The van der Waals surface area contributed by atoms with E-state index in [0.29, 0.717) is 105 Å². The quantitative estimate of drug-likeness (QED) is 0.0409. The molecule has 1 aromatic heterocycles. The average molecular weight is 804 g/mol. The number of hydrogen-bond donors (Lipinski definition) is 3. The predicted molar refractivity (Wildman–Crippen MR) is 216 cm³/mol. The molecule has 1 aliphatic rings. The maximum atomic E-state index is 11.6. The highest BCUT2D eigenvalue weighted by atomic mass is 32.2. The lowest BCUT2D eigenvalue weighted by atomic mass is 10.2. The fourth-order valence-electron chi connectivity index (χ4n) is 5.21. The number of carbonyl (C=O) groups excluding carboxylic acids is 1. The van der Waals surface area contributed by atoms with Crippen molar-refractivity contribution >= 4 is 29.8 Å². The van der Waals surface area contributed by atoms with Crippen LogP contribution in [0.1, 0.15) is 12.1 Å². The third-order valence-corrected chi connectivity index (χ3v) is 9.61. The highest BCUT2D eigenvalue weighted by Crippen LogP contribution is 2.20. The zero-order chi connectivity index (χ0) is 39.0. The third kappa shape index (κ3) is 22.8. The number of thiocyanates is 1. The fourth-order valence-corrected chi connectivity index (χ4v) is 6.35. The molecule has 1 unspecified atom stereocenters. The van der Waals surface area contributed by atoms with E-state index >= 15 is 0 Å². The van der Waals surface area contributed by atoms with Crippen LogP contribution in [-0.4, -0.2) is 156 Å². The molecule has 55 heavy (non-hydrogen) atoms. The van der Waals surface area contributed by atoms with E-state index in [-0.39, 0.29) is 18.2 Å². The van der Waals surface area contributed by atoms with Crippen molar-refractivity contribution in [3.05, 3.63) is 82.4 Å². The maximum absolute atomic E-state index is 11.6. The Balaban J connectivity index is 1.18. The summed E-state index contributed by atoms with van der Waals surface area (Å²) in [6.07, 6.45) is 7.58. The largest absolute Gasteiger partial charge is 0.491 e. The molecule has 1 atom stereocenters. The van der Waals surface area contributed by atoms with Gasteiger partial charge in [0.25, 0.3) is 0 Å². The van der Waals surface area contributed by atoms with E-state index in [0.717, 1.165) is 64.6 Å². The molecule has 1 aromatic carbocycles. The number of hydrogen-bond acceptors (Lipinski definition) is 15. The molecule has 0 aliphatic carbocycles. The number of aliphatic hydroxyl groups is 1. The molecule has 2 aromatic rings. The Hall–Kier alpha value is -3.21. The van der Waals surface area contributed by atoms with Gasteiger partial charge in [-0.15, -0.1) is 0 Å². The van der Waals surface area contributed by atoms with Gasteiger partial charge >= 0.3 is 0 Å². The second-order valence-electron chi connectivity index (χ2n) is 12.2. The van der Waals surface area contributed by atoms with Gasteiger partial charge in [0.1, 0.15) is 30.1 Å². The van der Waals surface area contributed by atoms with Gasteiger partial charge in [0.05, 0.1) is 66.1 Å². The molecule has 16 heteroatoms. The number of aliphatic hydroxyl groups excluding tert-OH is 1. The number of rotatable bonds is 34. The van der Waals surface area contributed by atoms with E-state index in [9.17, 15) is 14.7 Å². The highest BCUT2D eigenvalue weighted by molar-refractivity contribution is 8.03. The molecule has 14 nitrogen and oxygen atoms in total. The Labute approximate surface area is 333 Å². The molecule has 1 aliphatic heterocycles. The molecule has 0 spiro atoms. The summed E-state index contributed by atoms with van der Waals surface area (Å²) >= 11 is 2.97. The van der Waals surface area contributed by atoms with E-state index in [1.54, 1.807) is 6.07 Å². The van der Waals surface area contributed by atoms with Crippen LogP contribution in [0, 0.1) is 10.7 Å². The molecular formula is C39H57N5O9S2. The van der Waals surface area contributed by atoms with Gasteiger partial charge in [-0.2, -0.15) is 17.0 Å². The van der Waals surface area contributed by atoms with Gasteiger partial charge in [0.15, 0.2) is 0 Å². The Morgan fingerprint density at radius 2 is 1.44 bits per heavy atom. The molecule has 0 bridgehead atoms. The Bertz CT molecular complexity index is 1460. The van der Waals surface area contributed by atoms with Crippen LogP contribution in [0.25, 0.3) is 0 Å². The van der Waals surface area contributed by atoms with Crippen LogP contribution >= 0.6 is 23.5 Å². The van der Waals surface area contributed by atoms with Crippen LogP contribution in [0.15, 0.2) is 76.1 Å². The van der Waals surface area contributed by atoms with Gasteiger partial charge in [-0.25, -0.2) is 0 Å². The van der Waals surface area contributed by atoms with Crippen molar-refractivity contribution in [3.8, 4) is 11.2 Å². The van der Waals surface area contributed by atoms with Crippen LogP contribution in [0.5, 0.6) is 5.75 Å². The molecule has 0 radical (unpaired) electrons. The van der Waals surface area contributed by atoms with Crippen molar-refractivity contribution in [2.75, 3.05) is 124 Å². The monoisotopic (exact) mass is 803 g/mol. The second-order valence-corrected chi connectivity index (χ2v) is 14.3. The lowest BCUT2D eigenvalue weighted by molar-refractivity contribution is -0.108. The second kappa shape index (κ2) is 30.9. The van der Waals surface area contributed by atoms with Gasteiger partial charge in [-0.05, 0) is 60.3 Å². The van der Waals surface area contributed by atoms with Gasteiger partial charge in [-0.1, -0.05) is 18.2 Å². The van der Waals surface area contributed by atoms with Crippen LogP contribution in [-0.2, 0) is 35.0 Å². The molecule has 0 amide bonds. The van der Waals surface area contributed by atoms with Gasteiger partial charge in [0, 0.05) is 74.0 Å². The number of nitrogens with one attached hydrogen (secondary N) is 2. The first-order valence-corrected chi connectivity index (χ1v) is 20.6. The lowest BCUT2D eigenvalue weighted by Crippen LogP contribution is -2.39. The van der Waals surface area contributed by atoms with Crippen LogP contribution in [0.4, 0.5) is 0 Å². The van der Waals surface area contributed by atoms with Gasteiger partial charge in [-0.3, -0.25) is 14.6 Å². The van der Waals surface area contributed by atoms with E-state index in [4.69, 9.17) is 33.7 Å². The minimum atomic E-state index is -0.317. The number of nitrogens with zero attached hydrogens (tertiary/aromatic N) is 3. The molecule has 3 N–H and O–H groups in total. The first-order valence-electron chi connectivity index (χ1n) is 18.7. The minimum Gasteiger partial charge on any atom is -0.491 e. The SMILES string of the molecule is N#CSc1ccc(OCCOCCOCCSCCCOCCN(CCOCCOCCN(CCO)Cc2cccc(=O)[nH]2)CC2=CC=CC(C=O)N2)cc1. The number of aromatic nitrogens is 1. The van der Waals surface area contributed by atoms with E-state index < -0.39 is 0 Å². The number of benzene rings is 1. The third-order valence-electron chi connectivity index (χ3n) is 7.98. The summed E-state index contributed by atoms with van der Waals surface area (Å²) in [5.41, 5.74) is 1.63. The smallest absolute Gasteiger partial charge is 0.248 e. The Morgan fingerprint density at radius 3 is 2.11 bits per heavy atom.